The summed E-state index contributed by atoms with van der Waals surface area (Å²) in [6.07, 6.45) is 7.03. The van der Waals surface area contributed by atoms with Crippen molar-refractivity contribution in [2.24, 2.45) is 5.73 Å². The molecule has 0 aromatic carbocycles. The highest BCUT2D eigenvalue weighted by molar-refractivity contribution is 7.80. The normalized spacial score (nSPS) is 18.5. The van der Waals surface area contributed by atoms with E-state index in [0.717, 1.165) is 52.0 Å². The summed E-state index contributed by atoms with van der Waals surface area (Å²) in [5.74, 6) is 0. The van der Waals surface area contributed by atoms with E-state index in [4.69, 9.17) is 18.0 Å². The van der Waals surface area contributed by atoms with Gasteiger partial charge in [0.1, 0.15) is 0 Å². The molecule has 116 valence electrons. The molecule has 1 saturated heterocycles. The highest BCUT2D eigenvalue weighted by Crippen LogP contribution is 2.12. The van der Waals surface area contributed by atoms with E-state index in [9.17, 15) is 0 Å². The third kappa shape index (κ3) is 5.02. The van der Waals surface area contributed by atoms with Crippen LogP contribution in [-0.2, 0) is 6.42 Å². The van der Waals surface area contributed by atoms with Gasteiger partial charge in [0.05, 0.1) is 11.0 Å². The second-order valence-corrected chi connectivity index (χ2v) is 6.16. The summed E-state index contributed by atoms with van der Waals surface area (Å²) < 4.78 is 0. The molecular formula is C16H26N4S. The Morgan fingerprint density at radius 1 is 1.29 bits per heavy atom. The lowest BCUT2D eigenvalue weighted by atomic mass is 10.1. The Labute approximate surface area is 133 Å². The predicted molar refractivity (Wildman–Crippen MR) is 91.4 cm³/mol. The van der Waals surface area contributed by atoms with Crippen molar-refractivity contribution < 1.29 is 0 Å². The van der Waals surface area contributed by atoms with E-state index in [1.54, 1.807) is 0 Å². The van der Waals surface area contributed by atoms with Gasteiger partial charge in [0.15, 0.2) is 0 Å². The zero-order valence-electron chi connectivity index (χ0n) is 12.9. The molecular weight excluding hydrogens is 280 g/mol. The molecule has 0 spiro atoms. The topological polar surface area (TPSA) is 45.4 Å². The molecule has 0 bridgehead atoms. The molecule has 0 amide bonds. The first-order valence-electron chi connectivity index (χ1n) is 7.85. The molecule has 1 aromatic heterocycles. The minimum absolute atomic E-state index is 0.285. The highest BCUT2D eigenvalue weighted by Gasteiger charge is 2.24. The summed E-state index contributed by atoms with van der Waals surface area (Å²) in [7, 11) is 0. The van der Waals surface area contributed by atoms with E-state index < -0.39 is 0 Å². The van der Waals surface area contributed by atoms with Crippen LogP contribution in [0.15, 0.2) is 24.5 Å². The first-order chi connectivity index (χ1) is 10.2. The van der Waals surface area contributed by atoms with E-state index in [1.807, 2.05) is 12.4 Å². The molecule has 0 aliphatic carbocycles. The summed E-state index contributed by atoms with van der Waals surface area (Å²) in [4.78, 5) is 9.69. The Morgan fingerprint density at radius 2 is 1.95 bits per heavy atom. The minimum Gasteiger partial charge on any atom is -0.392 e. The fourth-order valence-corrected chi connectivity index (χ4v) is 3.18. The third-order valence-corrected chi connectivity index (χ3v) is 4.48. The van der Waals surface area contributed by atoms with E-state index in [-0.39, 0.29) is 6.04 Å². The maximum absolute atomic E-state index is 5.89. The lowest BCUT2D eigenvalue weighted by Crippen LogP contribution is -2.53. The van der Waals surface area contributed by atoms with Crippen LogP contribution in [0.5, 0.6) is 0 Å². The third-order valence-electron chi connectivity index (χ3n) is 4.20. The highest BCUT2D eigenvalue weighted by atomic mass is 32.1. The molecule has 0 radical (unpaired) electrons. The fraction of sp³-hybridized carbons (Fsp3) is 0.625. The first kappa shape index (κ1) is 16.3. The van der Waals surface area contributed by atoms with Crippen molar-refractivity contribution in [2.45, 2.75) is 32.2 Å². The number of piperazine rings is 1. The summed E-state index contributed by atoms with van der Waals surface area (Å²) in [6, 6.07) is 4.48. The van der Waals surface area contributed by atoms with Crippen molar-refractivity contribution in [3.8, 4) is 0 Å². The Kier molecular flexibility index (Phi) is 6.54. The molecule has 0 saturated carbocycles. The van der Waals surface area contributed by atoms with Gasteiger partial charge in [0.25, 0.3) is 0 Å². The molecule has 2 heterocycles. The van der Waals surface area contributed by atoms with Gasteiger partial charge in [-0.25, -0.2) is 0 Å². The van der Waals surface area contributed by atoms with Gasteiger partial charge >= 0.3 is 0 Å². The molecule has 2 rings (SSSR count). The standard InChI is InChI=1S/C16H26N4S/c1-2-3-15(16(17)21)20-12-10-19(11-13-20)9-6-14-4-7-18-8-5-14/h4-5,7-8,15H,2-3,6,9-13H2,1H3,(H2,17,21). The maximum atomic E-state index is 5.89. The van der Waals surface area contributed by atoms with Crippen LogP contribution in [0.4, 0.5) is 0 Å². The molecule has 5 heteroatoms. The van der Waals surface area contributed by atoms with E-state index in [2.05, 4.69) is 33.8 Å². The molecule has 1 aliphatic heterocycles. The van der Waals surface area contributed by atoms with Crippen molar-refractivity contribution in [1.29, 1.82) is 0 Å². The predicted octanol–water partition coefficient (Wildman–Crippen LogP) is 1.70. The number of hydrogen-bond acceptors (Lipinski definition) is 4. The van der Waals surface area contributed by atoms with E-state index >= 15 is 0 Å². The molecule has 1 aromatic rings. The Balaban J connectivity index is 1.76. The fourth-order valence-electron chi connectivity index (χ4n) is 2.91. The van der Waals surface area contributed by atoms with Crippen molar-refractivity contribution in [3.05, 3.63) is 30.1 Å². The van der Waals surface area contributed by atoms with Crippen molar-refractivity contribution in [2.75, 3.05) is 32.7 Å². The Morgan fingerprint density at radius 3 is 2.52 bits per heavy atom. The summed E-state index contributed by atoms with van der Waals surface area (Å²) in [5.41, 5.74) is 7.25. The Bertz CT molecular complexity index is 429. The monoisotopic (exact) mass is 306 g/mol. The zero-order valence-corrected chi connectivity index (χ0v) is 13.7. The van der Waals surface area contributed by atoms with Crippen LogP contribution >= 0.6 is 12.2 Å². The van der Waals surface area contributed by atoms with Gasteiger partial charge < -0.3 is 10.6 Å². The quantitative estimate of drug-likeness (QED) is 0.777. The second kappa shape index (κ2) is 8.41. The molecule has 4 nitrogen and oxygen atoms in total. The Hall–Kier alpha value is -1.04. The number of thiocarbonyl (C=S) groups is 1. The van der Waals surface area contributed by atoms with Gasteiger partial charge in [-0.05, 0) is 30.5 Å². The first-order valence-corrected chi connectivity index (χ1v) is 8.26. The average Bonchev–Trinajstić information content (AvgIpc) is 2.52. The number of aromatic nitrogens is 1. The lowest BCUT2D eigenvalue weighted by molar-refractivity contribution is 0.115. The SMILES string of the molecule is CCCC(C(N)=S)N1CCN(CCc2ccncc2)CC1. The van der Waals surface area contributed by atoms with Crippen LogP contribution in [0.25, 0.3) is 0 Å². The molecule has 21 heavy (non-hydrogen) atoms. The van der Waals surface area contributed by atoms with Crippen LogP contribution in [0.2, 0.25) is 0 Å². The van der Waals surface area contributed by atoms with Crippen molar-refractivity contribution in [3.63, 3.8) is 0 Å². The van der Waals surface area contributed by atoms with Gasteiger partial charge in [-0.2, -0.15) is 0 Å². The summed E-state index contributed by atoms with van der Waals surface area (Å²) >= 11 is 5.22. The summed E-state index contributed by atoms with van der Waals surface area (Å²) in [6.45, 7) is 7.65. The van der Waals surface area contributed by atoms with Crippen LogP contribution in [0.3, 0.4) is 0 Å². The van der Waals surface area contributed by atoms with Crippen LogP contribution in [-0.4, -0.2) is 58.5 Å². The number of pyridine rings is 1. The van der Waals surface area contributed by atoms with Crippen LogP contribution in [0, 0.1) is 0 Å². The minimum atomic E-state index is 0.285. The molecule has 1 aliphatic rings. The maximum Gasteiger partial charge on any atom is 0.0902 e. The summed E-state index contributed by atoms with van der Waals surface area (Å²) in [5, 5.41) is 0. The van der Waals surface area contributed by atoms with Crippen LogP contribution in [0.1, 0.15) is 25.3 Å². The largest absolute Gasteiger partial charge is 0.392 e. The van der Waals surface area contributed by atoms with E-state index in [1.165, 1.54) is 5.56 Å². The van der Waals surface area contributed by atoms with Gasteiger partial charge in [0, 0.05) is 45.1 Å². The number of nitrogens with zero attached hydrogens (tertiary/aromatic N) is 3. The smallest absolute Gasteiger partial charge is 0.0902 e. The molecule has 1 atom stereocenters. The van der Waals surface area contributed by atoms with Crippen molar-refractivity contribution in [1.82, 2.24) is 14.8 Å². The number of nitrogens with two attached hydrogens (primary N) is 1. The molecule has 1 unspecified atom stereocenters. The molecule has 1 fully saturated rings. The number of hydrogen-bond donors (Lipinski definition) is 1. The average molecular weight is 306 g/mol. The zero-order chi connectivity index (χ0) is 15.1. The van der Waals surface area contributed by atoms with Crippen molar-refractivity contribution >= 4 is 17.2 Å². The van der Waals surface area contributed by atoms with E-state index in [0.29, 0.717) is 4.99 Å². The van der Waals surface area contributed by atoms with Gasteiger partial charge in [-0.1, -0.05) is 25.6 Å². The van der Waals surface area contributed by atoms with Gasteiger partial charge in [-0.3, -0.25) is 9.88 Å². The van der Waals surface area contributed by atoms with Gasteiger partial charge in [0.2, 0.25) is 0 Å². The van der Waals surface area contributed by atoms with Crippen LogP contribution < -0.4 is 5.73 Å². The molecule has 2 N–H and O–H groups in total. The lowest BCUT2D eigenvalue weighted by Gasteiger charge is -2.39. The second-order valence-electron chi connectivity index (χ2n) is 5.69. The van der Waals surface area contributed by atoms with Gasteiger partial charge in [-0.15, -0.1) is 0 Å². The number of rotatable bonds is 7.